The van der Waals surface area contributed by atoms with Gasteiger partial charge in [-0.15, -0.1) is 0 Å². The summed E-state index contributed by atoms with van der Waals surface area (Å²) in [6.07, 6.45) is 7.45. The normalized spacial score (nSPS) is 19.7. The van der Waals surface area contributed by atoms with Gasteiger partial charge in [-0.05, 0) is 37.8 Å². The molecule has 0 aliphatic heterocycles. The molecule has 0 N–H and O–H groups in total. The maximum Gasteiger partial charge on any atom is 0.0707 e. The summed E-state index contributed by atoms with van der Waals surface area (Å²) in [5.41, 5.74) is 6.12. The van der Waals surface area contributed by atoms with Gasteiger partial charge in [0.25, 0.3) is 0 Å². The molecular formula is C21H25BrN4. The van der Waals surface area contributed by atoms with Crippen molar-refractivity contribution in [2.24, 2.45) is 13.0 Å². The summed E-state index contributed by atoms with van der Waals surface area (Å²) < 4.78 is 4.33. The van der Waals surface area contributed by atoms with Crippen LogP contribution in [0.2, 0.25) is 0 Å². The Morgan fingerprint density at radius 3 is 2.65 bits per heavy atom. The molecule has 1 aliphatic carbocycles. The Bertz CT molecular complexity index is 1120. The molecule has 0 saturated carbocycles. The number of aryl methyl sites for hydroxylation is 4. The van der Waals surface area contributed by atoms with Gasteiger partial charge in [0, 0.05) is 46.5 Å². The first-order chi connectivity index (χ1) is 12.5. The summed E-state index contributed by atoms with van der Waals surface area (Å²) in [6.45, 7) is 9.75. The van der Waals surface area contributed by atoms with E-state index in [1.807, 2.05) is 17.9 Å². The van der Waals surface area contributed by atoms with Crippen molar-refractivity contribution in [2.75, 3.05) is 0 Å². The molecule has 5 heteroatoms. The van der Waals surface area contributed by atoms with E-state index in [1.165, 1.54) is 32.6 Å². The second-order valence-electron chi connectivity index (χ2n) is 7.17. The molecule has 0 spiro atoms. The number of halogens is 1. The predicted molar refractivity (Wildman–Crippen MR) is 111 cm³/mol. The van der Waals surface area contributed by atoms with Crippen molar-refractivity contribution in [3.63, 3.8) is 0 Å². The van der Waals surface area contributed by atoms with Crippen LogP contribution in [0.5, 0.6) is 0 Å². The number of alkyl halides is 1. The van der Waals surface area contributed by atoms with Crippen molar-refractivity contribution in [1.82, 2.24) is 19.3 Å². The second kappa shape index (κ2) is 6.38. The lowest BCUT2D eigenvalue weighted by Crippen LogP contribution is -2.39. The zero-order valence-electron chi connectivity index (χ0n) is 16.0. The van der Waals surface area contributed by atoms with E-state index < -0.39 is 0 Å². The molecule has 4 nitrogen and oxygen atoms in total. The fraction of sp³-hybridized carbons (Fsp3) is 0.429. The van der Waals surface area contributed by atoms with Crippen LogP contribution in [-0.4, -0.2) is 24.2 Å². The zero-order chi connectivity index (χ0) is 18.6. The largest absolute Gasteiger partial charge is 0.339 e. The first-order valence-electron chi connectivity index (χ1n) is 9.34. The first kappa shape index (κ1) is 17.5. The van der Waals surface area contributed by atoms with Gasteiger partial charge in [-0.1, -0.05) is 35.9 Å². The van der Waals surface area contributed by atoms with Crippen LogP contribution in [-0.2, 0) is 20.0 Å². The topological polar surface area (TPSA) is 35.6 Å². The molecule has 4 rings (SSSR count). The van der Waals surface area contributed by atoms with Crippen molar-refractivity contribution in [1.29, 1.82) is 0 Å². The summed E-state index contributed by atoms with van der Waals surface area (Å²) >= 11 is 3.91. The first-order valence-corrected chi connectivity index (χ1v) is 10.3. The monoisotopic (exact) mass is 412 g/mol. The highest BCUT2D eigenvalue weighted by atomic mass is 79.9. The van der Waals surface area contributed by atoms with Crippen LogP contribution in [0.15, 0.2) is 18.5 Å². The number of fused-ring (bicyclic) bond motifs is 3. The summed E-state index contributed by atoms with van der Waals surface area (Å²) in [7, 11) is 1.98. The fourth-order valence-corrected chi connectivity index (χ4v) is 4.78. The Hall–Kier alpha value is -1.88. The highest BCUT2D eigenvalue weighted by Crippen LogP contribution is 2.30. The zero-order valence-corrected chi connectivity index (χ0v) is 17.6. The molecule has 3 heterocycles. The minimum atomic E-state index is 0.305. The van der Waals surface area contributed by atoms with E-state index >= 15 is 0 Å². The summed E-state index contributed by atoms with van der Waals surface area (Å²) in [6, 6.07) is 2.28. The third-order valence-corrected chi connectivity index (χ3v) is 6.57. The Morgan fingerprint density at radius 2 is 2.04 bits per heavy atom. The van der Waals surface area contributed by atoms with Gasteiger partial charge in [0.2, 0.25) is 0 Å². The molecule has 0 bridgehead atoms. The summed E-state index contributed by atoms with van der Waals surface area (Å²) in [5, 5.41) is 8.41. The molecule has 3 aromatic rings. The smallest absolute Gasteiger partial charge is 0.0707 e. The number of pyridine rings is 1. The summed E-state index contributed by atoms with van der Waals surface area (Å²) in [4.78, 5) is 5.14. The van der Waals surface area contributed by atoms with Gasteiger partial charge in [0.1, 0.15) is 0 Å². The van der Waals surface area contributed by atoms with Crippen LogP contribution in [0, 0.1) is 12.8 Å². The molecule has 0 saturated heterocycles. The lowest BCUT2D eigenvalue weighted by atomic mass is 9.88. The average Bonchev–Trinajstić information content (AvgIpc) is 3.17. The summed E-state index contributed by atoms with van der Waals surface area (Å²) in [5.74, 6) is 0.375. The van der Waals surface area contributed by atoms with Crippen molar-refractivity contribution in [3.8, 4) is 0 Å². The van der Waals surface area contributed by atoms with Crippen molar-refractivity contribution in [2.45, 2.75) is 45.5 Å². The molecule has 0 amide bonds. The Kier molecular flexibility index (Phi) is 4.30. The molecule has 0 fully saturated rings. The Labute approximate surface area is 162 Å². The van der Waals surface area contributed by atoms with E-state index in [9.17, 15) is 0 Å². The second-order valence-corrected chi connectivity index (χ2v) is 8.23. The van der Waals surface area contributed by atoms with Crippen LogP contribution in [0.3, 0.4) is 0 Å². The molecule has 2 atom stereocenters. The van der Waals surface area contributed by atoms with Crippen molar-refractivity contribution < 1.29 is 0 Å². The van der Waals surface area contributed by atoms with Crippen LogP contribution in [0.25, 0.3) is 22.6 Å². The number of nitrogens with zero attached hydrogens (tertiary/aromatic N) is 4. The van der Waals surface area contributed by atoms with E-state index in [0.717, 1.165) is 24.4 Å². The van der Waals surface area contributed by atoms with E-state index in [4.69, 9.17) is 4.98 Å². The molecule has 0 radical (unpaired) electrons. The highest BCUT2D eigenvalue weighted by Gasteiger charge is 2.27. The molecule has 26 heavy (non-hydrogen) atoms. The standard InChI is InChI=1S/C21H25BrN4/c1-6-15-8-16-17-9-18(22)12(3)19(14-10-23-25(5)11-14)21(17)26(7-2)20(16)13(4)24-15/h8-12,18H,6-7H2,1-5H3. The number of rotatable bonds is 3. The van der Waals surface area contributed by atoms with Gasteiger partial charge < -0.3 is 4.57 Å². The van der Waals surface area contributed by atoms with E-state index in [1.54, 1.807) is 0 Å². The SMILES string of the molecule is CCc1cc2c3c(n(CC)c2c(C)n1)=C(c1cnn(C)c1)C(C)C(Br)C=3. The van der Waals surface area contributed by atoms with Gasteiger partial charge >= 0.3 is 0 Å². The molecule has 136 valence electrons. The number of hydrogen-bond acceptors (Lipinski definition) is 2. The Balaban J connectivity index is 2.26. The van der Waals surface area contributed by atoms with Gasteiger partial charge in [-0.2, -0.15) is 5.10 Å². The minimum Gasteiger partial charge on any atom is -0.339 e. The molecule has 1 aliphatic rings. The highest BCUT2D eigenvalue weighted by molar-refractivity contribution is 9.09. The predicted octanol–water partition coefficient (Wildman–Crippen LogP) is 3.05. The molecule has 3 aromatic heterocycles. The maximum atomic E-state index is 4.84. The quantitative estimate of drug-likeness (QED) is 0.619. The van der Waals surface area contributed by atoms with Crippen LogP contribution in [0.4, 0.5) is 0 Å². The average molecular weight is 413 g/mol. The van der Waals surface area contributed by atoms with E-state index in [2.05, 4.69) is 71.6 Å². The maximum absolute atomic E-state index is 4.84. The molecular weight excluding hydrogens is 388 g/mol. The van der Waals surface area contributed by atoms with Crippen LogP contribution in [0.1, 0.15) is 37.7 Å². The van der Waals surface area contributed by atoms with Gasteiger partial charge in [0.05, 0.1) is 22.8 Å². The van der Waals surface area contributed by atoms with Gasteiger partial charge in [0.15, 0.2) is 0 Å². The third kappa shape index (κ3) is 2.48. The van der Waals surface area contributed by atoms with Crippen LogP contribution < -0.4 is 10.6 Å². The lowest BCUT2D eigenvalue weighted by molar-refractivity contribution is 0.729. The Morgan fingerprint density at radius 1 is 1.27 bits per heavy atom. The van der Waals surface area contributed by atoms with Gasteiger partial charge in [-0.25, -0.2) is 0 Å². The van der Waals surface area contributed by atoms with Crippen molar-refractivity contribution >= 4 is 38.5 Å². The fourth-order valence-electron chi connectivity index (χ4n) is 4.26. The van der Waals surface area contributed by atoms with Crippen LogP contribution >= 0.6 is 15.9 Å². The number of aromatic nitrogens is 4. The molecule has 0 aromatic carbocycles. The van der Waals surface area contributed by atoms with Crippen molar-refractivity contribution in [3.05, 3.63) is 46.0 Å². The molecule has 2 unspecified atom stereocenters. The minimum absolute atomic E-state index is 0.305. The lowest BCUT2D eigenvalue weighted by Gasteiger charge is -2.22. The van der Waals surface area contributed by atoms with E-state index in [-0.39, 0.29) is 0 Å². The van der Waals surface area contributed by atoms with Gasteiger partial charge in [-0.3, -0.25) is 9.67 Å². The van der Waals surface area contributed by atoms with E-state index in [0.29, 0.717) is 10.7 Å². The third-order valence-electron chi connectivity index (χ3n) is 5.51. The number of hydrogen-bond donors (Lipinski definition) is 0.